The van der Waals surface area contributed by atoms with Crippen LogP contribution in [0.1, 0.15) is 0 Å². The van der Waals surface area contributed by atoms with Gasteiger partial charge in [-0.1, -0.05) is 0 Å². The van der Waals surface area contributed by atoms with Crippen LogP contribution in [0, 0.1) is 0 Å². The largest absolute Gasteiger partial charge is 0.468 e. The van der Waals surface area contributed by atoms with Crippen LogP contribution < -0.4 is 0 Å². The quantitative estimate of drug-likeness (QED) is 0.488. The van der Waals surface area contributed by atoms with Gasteiger partial charge in [-0.15, -0.1) is 0 Å². The highest BCUT2D eigenvalue weighted by atomic mass is 16.5. The fourth-order valence-corrected chi connectivity index (χ4v) is 0.766. The van der Waals surface area contributed by atoms with E-state index in [-0.39, 0.29) is 5.97 Å². The normalized spacial score (nSPS) is 17.7. The van der Waals surface area contributed by atoms with E-state index < -0.39 is 0 Å². The minimum Gasteiger partial charge on any atom is -0.468 e. The van der Waals surface area contributed by atoms with E-state index in [0.29, 0.717) is 13.2 Å². The van der Waals surface area contributed by atoms with Crippen LogP contribution in [-0.4, -0.2) is 44.0 Å². The molecule has 0 aromatic heterocycles. The molecular formula is C6H10N2O2. The number of methoxy groups -OCH3 is 1. The maximum absolute atomic E-state index is 10.6. The Balaban J connectivity index is 2.19. The highest BCUT2D eigenvalue weighted by Gasteiger charge is 2.11. The Kier molecular flexibility index (Phi) is 2.39. The van der Waals surface area contributed by atoms with Crippen LogP contribution in [0.3, 0.4) is 0 Å². The zero-order valence-electron chi connectivity index (χ0n) is 5.91. The minimum absolute atomic E-state index is 0.203. The maximum Gasteiger partial charge on any atom is 0.319 e. The molecule has 0 saturated heterocycles. The summed E-state index contributed by atoms with van der Waals surface area (Å²) >= 11 is 0. The van der Waals surface area contributed by atoms with E-state index in [4.69, 9.17) is 0 Å². The molecule has 0 amide bonds. The van der Waals surface area contributed by atoms with Crippen molar-refractivity contribution in [2.45, 2.75) is 0 Å². The Labute approximate surface area is 59.5 Å². The summed E-state index contributed by atoms with van der Waals surface area (Å²) in [6.45, 7) is 1.72. The SMILES string of the molecule is COC(=O)CN1CC=NC1. The van der Waals surface area contributed by atoms with E-state index >= 15 is 0 Å². The number of rotatable bonds is 2. The molecule has 0 bridgehead atoms. The van der Waals surface area contributed by atoms with Gasteiger partial charge in [0, 0.05) is 12.8 Å². The lowest BCUT2D eigenvalue weighted by Gasteiger charge is -2.09. The van der Waals surface area contributed by atoms with Crippen LogP contribution in [0.4, 0.5) is 0 Å². The van der Waals surface area contributed by atoms with Crippen LogP contribution in [-0.2, 0) is 9.53 Å². The van der Waals surface area contributed by atoms with Gasteiger partial charge in [0.05, 0.1) is 20.3 Å². The summed E-state index contributed by atoms with van der Waals surface area (Å²) in [6.07, 6.45) is 1.79. The second-order valence-corrected chi connectivity index (χ2v) is 2.09. The smallest absolute Gasteiger partial charge is 0.319 e. The summed E-state index contributed by atoms with van der Waals surface area (Å²) in [4.78, 5) is 16.5. The van der Waals surface area contributed by atoms with Gasteiger partial charge >= 0.3 is 5.97 Å². The van der Waals surface area contributed by atoms with Crippen LogP contribution in [0.15, 0.2) is 4.99 Å². The van der Waals surface area contributed by atoms with Gasteiger partial charge in [0.15, 0.2) is 0 Å². The fourth-order valence-electron chi connectivity index (χ4n) is 0.766. The third kappa shape index (κ3) is 1.80. The van der Waals surface area contributed by atoms with Crippen molar-refractivity contribution in [3.05, 3.63) is 0 Å². The molecule has 0 saturated carbocycles. The van der Waals surface area contributed by atoms with Gasteiger partial charge in [0.25, 0.3) is 0 Å². The Hall–Kier alpha value is -0.900. The third-order valence-electron chi connectivity index (χ3n) is 1.33. The monoisotopic (exact) mass is 142 g/mol. The predicted octanol–water partition coefficient (Wildman–Crippen LogP) is -0.497. The average Bonchev–Trinajstić information content (AvgIpc) is 2.40. The second kappa shape index (κ2) is 3.31. The first-order chi connectivity index (χ1) is 4.83. The molecule has 0 unspecified atom stereocenters. The summed E-state index contributed by atoms with van der Waals surface area (Å²) in [5.41, 5.74) is 0. The first kappa shape index (κ1) is 7.21. The molecule has 0 atom stereocenters. The number of aliphatic imine (C=N–C) groups is 1. The topological polar surface area (TPSA) is 41.9 Å². The molecule has 10 heavy (non-hydrogen) atoms. The zero-order chi connectivity index (χ0) is 7.40. The number of hydrogen-bond donors (Lipinski definition) is 0. The number of carbonyl (C=O) groups excluding carboxylic acids is 1. The van der Waals surface area contributed by atoms with Crippen molar-refractivity contribution in [2.24, 2.45) is 4.99 Å². The first-order valence-electron chi connectivity index (χ1n) is 3.10. The van der Waals surface area contributed by atoms with E-state index in [1.807, 2.05) is 4.90 Å². The molecule has 0 aromatic carbocycles. The molecule has 0 spiro atoms. The highest BCUT2D eigenvalue weighted by molar-refractivity contribution is 5.72. The Morgan fingerprint density at radius 1 is 1.90 bits per heavy atom. The molecule has 0 N–H and O–H groups in total. The molecule has 4 nitrogen and oxygen atoms in total. The number of ether oxygens (including phenoxy) is 1. The average molecular weight is 142 g/mol. The molecule has 1 rings (SSSR count). The van der Waals surface area contributed by atoms with Crippen molar-refractivity contribution in [1.29, 1.82) is 0 Å². The van der Waals surface area contributed by atoms with Crippen molar-refractivity contribution in [3.63, 3.8) is 0 Å². The minimum atomic E-state index is -0.203. The molecule has 1 heterocycles. The first-order valence-corrected chi connectivity index (χ1v) is 3.10. The Morgan fingerprint density at radius 2 is 2.70 bits per heavy atom. The van der Waals surface area contributed by atoms with Crippen LogP contribution in [0.5, 0.6) is 0 Å². The van der Waals surface area contributed by atoms with Gasteiger partial charge in [-0.2, -0.15) is 0 Å². The van der Waals surface area contributed by atoms with E-state index in [1.165, 1.54) is 7.11 Å². The summed E-state index contributed by atoms with van der Waals surface area (Å²) in [5.74, 6) is -0.203. The van der Waals surface area contributed by atoms with Crippen LogP contribution in [0.2, 0.25) is 0 Å². The van der Waals surface area contributed by atoms with E-state index in [2.05, 4.69) is 9.73 Å². The summed E-state index contributed by atoms with van der Waals surface area (Å²) in [7, 11) is 1.39. The van der Waals surface area contributed by atoms with Gasteiger partial charge in [-0.3, -0.25) is 14.7 Å². The Morgan fingerprint density at radius 3 is 3.20 bits per heavy atom. The lowest BCUT2D eigenvalue weighted by atomic mass is 10.5. The van der Waals surface area contributed by atoms with Crippen LogP contribution in [0.25, 0.3) is 0 Å². The molecule has 1 aliphatic heterocycles. The maximum atomic E-state index is 10.6. The lowest BCUT2D eigenvalue weighted by molar-refractivity contribution is -0.141. The van der Waals surface area contributed by atoms with Gasteiger partial charge in [-0.25, -0.2) is 0 Å². The lowest BCUT2D eigenvalue weighted by Crippen LogP contribution is -2.28. The number of carbonyl (C=O) groups is 1. The molecule has 0 aliphatic carbocycles. The summed E-state index contributed by atoms with van der Waals surface area (Å²) in [6, 6.07) is 0. The van der Waals surface area contributed by atoms with E-state index in [1.54, 1.807) is 6.21 Å². The molecule has 0 radical (unpaired) electrons. The van der Waals surface area contributed by atoms with Crippen molar-refractivity contribution in [3.8, 4) is 0 Å². The fraction of sp³-hybridized carbons (Fsp3) is 0.667. The third-order valence-corrected chi connectivity index (χ3v) is 1.33. The van der Waals surface area contributed by atoms with Crippen molar-refractivity contribution >= 4 is 12.2 Å². The Bertz CT molecular complexity index is 148. The number of nitrogens with zero attached hydrogens (tertiary/aromatic N) is 2. The summed E-state index contributed by atoms with van der Waals surface area (Å²) < 4.78 is 4.48. The zero-order valence-corrected chi connectivity index (χ0v) is 5.91. The number of hydrogen-bond acceptors (Lipinski definition) is 4. The van der Waals surface area contributed by atoms with Gasteiger partial charge in [-0.05, 0) is 0 Å². The van der Waals surface area contributed by atoms with Gasteiger partial charge in [0.1, 0.15) is 0 Å². The standard InChI is InChI=1S/C6H10N2O2/c1-10-6(9)4-8-3-2-7-5-8/h2H,3-5H2,1H3. The van der Waals surface area contributed by atoms with Gasteiger partial charge in [0.2, 0.25) is 0 Å². The van der Waals surface area contributed by atoms with E-state index in [0.717, 1.165) is 6.54 Å². The molecule has 4 heteroatoms. The van der Waals surface area contributed by atoms with Crippen molar-refractivity contribution in [1.82, 2.24) is 4.90 Å². The second-order valence-electron chi connectivity index (χ2n) is 2.09. The molecular weight excluding hydrogens is 132 g/mol. The molecule has 1 aliphatic rings. The number of esters is 1. The summed E-state index contributed by atoms with van der Waals surface area (Å²) in [5, 5.41) is 0. The highest BCUT2D eigenvalue weighted by Crippen LogP contribution is 1.93. The van der Waals surface area contributed by atoms with E-state index in [9.17, 15) is 4.79 Å². The van der Waals surface area contributed by atoms with Gasteiger partial charge < -0.3 is 4.74 Å². The van der Waals surface area contributed by atoms with Crippen molar-refractivity contribution < 1.29 is 9.53 Å². The van der Waals surface area contributed by atoms with Crippen molar-refractivity contribution in [2.75, 3.05) is 26.9 Å². The predicted molar refractivity (Wildman–Crippen MR) is 36.9 cm³/mol. The molecule has 0 aromatic rings. The molecule has 56 valence electrons. The molecule has 0 fully saturated rings. The van der Waals surface area contributed by atoms with Crippen LogP contribution >= 0.6 is 0 Å².